The molecule has 0 aromatic heterocycles. The van der Waals surface area contributed by atoms with E-state index in [-0.39, 0.29) is 44.7 Å². The van der Waals surface area contributed by atoms with Gasteiger partial charge in [-0.15, -0.1) is 11.8 Å². The zero-order chi connectivity index (χ0) is 38.5. The second-order valence-corrected chi connectivity index (χ2v) is 14.4. The lowest BCUT2D eigenvalue weighted by Crippen LogP contribution is -2.30. The average molecular weight is 783 g/mol. The number of nitrogens with one attached hydrogen (secondary N) is 3. The summed E-state index contributed by atoms with van der Waals surface area (Å²) >= 11 is 13.7. The number of carbonyl (C=O) groups excluding carboxylic acids is 5. The number of fused-ring (bicyclic) bond motifs is 2. The molecule has 0 spiro atoms. The molecule has 1 unspecified atom stereocenters. The summed E-state index contributed by atoms with van der Waals surface area (Å²) < 4.78 is 0. The van der Waals surface area contributed by atoms with Crippen molar-refractivity contribution in [2.75, 3.05) is 10.6 Å². The van der Waals surface area contributed by atoms with E-state index < -0.39 is 23.0 Å². The van der Waals surface area contributed by atoms with Crippen LogP contribution < -0.4 is 16.0 Å². The van der Waals surface area contributed by atoms with Gasteiger partial charge in [-0.3, -0.25) is 24.0 Å². The van der Waals surface area contributed by atoms with Crippen LogP contribution in [-0.2, 0) is 9.59 Å². The molecule has 0 bridgehead atoms. The number of anilines is 2. The van der Waals surface area contributed by atoms with Crippen molar-refractivity contribution in [3.8, 4) is 0 Å². The van der Waals surface area contributed by atoms with Gasteiger partial charge in [0.2, 0.25) is 5.91 Å². The van der Waals surface area contributed by atoms with Crippen molar-refractivity contribution in [1.29, 1.82) is 0 Å². The van der Waals surface area contributed by atoms with Gasteiger partial charge >= 0.3 is 0 Å². The Morgan fingerprint density at radius 3 is 2.02 bits per heavy atom. The van der Waals surface area contributed by atoms with E-state index in [1.54, 1.807) is 109 Å². The first kappa shape index (κ1) is 37.1. The van der Waals surface area contributed by atoms with E-state index >= 15 is 0 Å². The van der Waals surface area contributed by atoms with Crippen LogP contribution in [0.15, 0.2) is 156 Å². The van der Waals surface area contributed by atoms with Crippen LogP contribution in [0.3, 0.4) is 0 Å². The van der Waals surface area contributed by atoms with Gasteiger partial charge in [-0.25, -0.2) is 0 Å². The minimum absolute atomic E-state index is 0.0699. The number of thioether (sulfide) groups is 1. The molecule has 0 saturated heterocycles. The molecule has 0 saturated carbocycles. The molecule has 0 fully saturated rings. The zero-order valence-electron chi connectivity index (χ0n) is 28.7. The minimum Gasteiger partial charge on any atom is -0.324 e. The Labute approximate surface area is 330 Å². The number of hydrogen-bond acceptors (Lipinski definition) is 6. The predicted molar refractivity (Wildman–Crippen MR) is 217 cm³/mol. The number of halogens is 2. The summed E-state index contributed by atoms with van der Waals surface area (Å²) in [6.45, 7) is 0. The molecule has 3 N–H and O–H groups in total. The van der Waals surface area contributed by atoms with Crippen molar-refractivity contribution in [2.45, 2.75) is 10.1 Å². The second kappa shape index (κ2) is 16.4. The van der Waals surface area contributed by atoms with Gasteiger partial charge in [0.15, 0.2) is 11.6 Å². The van der Waals surface area contributed by atoms with E-state index in [0.717, 1.165) is 0 Å². The highest BCUT2D eigenvalue weighted by molar-refractivity contribution is 8.00. The SMILES string of the molecule is O=C(Nc1cccc(SC(C(=O)Nc2cccc3c2C(=O)c2ccccc2C3=O)c2ccccc2)c1)/C(=C\c1ccc(Cl)cc1Cl)NC(=O)c1ccccc1. The van der Waals surface area contributed by atoms with Crippen LogP contribution in [-0.4, -0.2) is 29.3 Å². The van der Waals surface area contributed by atoms with Crippen molar-refractivity contribution in [3.05, 3.63) is 200 Å². The number of benzene rings is 6. The van der Waals surface area contributed by atoms with E-state index in [1.807, 2.05) is 30.3 Å². The molecule has 1 atom stereocenters. The van der Waals surface area contributed by atoms with Crippen LogP contribution in [0.5, 0.6) is 0 Å². The van der Waals surface area contributed by atoms with Crippen molar-refractivity contribution in [3.63, 3.8) is 0 Å². The molecular weight excluding hydrogens is 753 g/mol. The molecular formula is C44H29Cl2N3O5S. The van der Waals surface area contributed by atoms with E-state index in [9.17, 15) is 24.0 Å². The normalized spacial score (nSPS) is 12.6. The van der Waals surface area contributed by atoms with Crippen LogP contribution in [0.2, 0.25) is 10.0 Å². The largest absolute Gasteiger partial charge is 0.324 e. The van der Waals surface area contributed by atoms with Crippen molar-refractivity contribution in [2.24, 2.45) is 0 Å². The topological polar surface area (TPSA) is 121 Å². The first-order valence-electron chi connectivity index (χ1n) is 16.9. The Balaban J connectivity index is 1.15. The molecule has 1 aliphatic rings. The van der Waals surface area contributed by atoms with Gasteiger partial charge in [-0.1, -0.05) is 120 Å². The molecule has 11 heteroatoms. The minimum atomic E-state index is -0.808. The zero-order valence-corrected chi connectivity index (χ0v) is 31.0. The lowest BCUT2D eigenvalue weighted by Gasteiger charge is -2.22. The third kappa shape index (κ3) is 8.29. The molecule has 6 aromatic rings. The van der Waals surface area contributed by atoms with Gasteiger partial charge in [0.1, 0.15) is 10.9 Å². The molecule has 0 aliphatic heterocycles. The highest BCUT2D eigenvalue weighted by atomic mass is 35.5. The van der Waals surface area contributed by atoms with Gasteiger partial charge in [0.25, 0.3) is 11.8 Å². The number of carbonyl (C=O) groups is 5. The smallest absolute Gasteiger partial charge is 0.272 e. The first-order valence-corrected chi connectivity index (χ1v) is 18.6. The summed E-state index contributed by atoms with van der Waals surface area (Å²) in [5.74, 6) is -2.18. The van der Waals surface area contributed by atoms with Crippen molar-refractivity contribution < 1.29 is 24.0 Å². The average Bonchev–Trinajstić information content (AvgIpc) is 3.20. The van der Waals surface area contributed by atoms with Crippen LogP contribution >= 0.6 is 35.0 Å². The fourth-order valence-corrected chi connectivity index (χ4v) is 7.59. The predicted octanol–water partition coefficient (Wildman–Crippen LogP) is 9.65. The molecule has 8 nitrogen and oxygen atoms in total. The lowest BCUT2D eigenvalue weighted by molar-refractivity contribution is -0.116. The Morgan fingerprint density at radius 1 is 0.636 bits per heavy atom. The fourth-order valence-electron chi connectivity index (χ4n) is 6.05. The summed E-state index contributed by atoms with van der Waals surface area (Å²) in [4.78, 5) is 68.7. The molecule has 1 aliphatic carbocycles. The van der Waals surface area contributed by atoms with E-state index in [4.69, 9.17) is 23.2 Å². The molecule has 55 heavy (non-hydrogen) atoms. The Bertz CT molecular complexity index is 2520. The quantitative estimate of drug-likeness (QED) is 0.0939. The summed E-state index contributed by atoms with van der Waals surface area (Å²) in [5.41, 5.74) is 3.02. The van der Waals surface area contributed by atoms with Crippen LogP contribution in [0.4, 0.5) is 11.4 Å². The highest BCUT2D eigenvalue weighted by Gasteiger charge is 2.33. The summed E-state index contributed by atoms with van der Waals surface area (Å²) in [6.07, 6.45) is 1.46. The Morgan fingerprint density at radius 2 is 1.29 bits per heavy atom. The number of amides is 3. The maximum atomic E-state index is 14.2. The summed E-state index contributed by atoms with van der Waals surface area (Å²) in [5, 5.41) is 8.36. The first-order chi connectivity index (χ1) is 26.7. The van der Waals surface area contributed by atoms with Gasteiger partial charge in [0.05, 0.1) is 11.3 Å². The third-order valence-electron chi connectivity index (χ3n) is 8.69. The summed E-state index contributed by atoms with van der Waals surface area (Å²) in [6, 6.07) is 40.8. The lowest BCUT2D eigenvalue weighted by atomic mass is 9.83. The molecule has 7 rings (SSSR count). The second-order valence-electron chi connectivity index (χ2n) is 12.4. The van der Waals surface area contributed by atoms with E-state index in [1.165, 1.54) is 23.9 Å². The third-order valence-corrected chi connectivity index (χ3v) is 10.5. The van der Waals surface area contributed by atoms with E-state index in [0.29, 0.717) is 37.9 Å². The highest BCUT2D eigenvalue weighted by Crippen LogP contribution is 2.39. The van der Waals surface area contributed by atoms with Crippen LogP contribution in [0, 0.1) is 0 Å². The number of ketones is 2. The molecule has 270 valence electrons. The molecule has 6 aromatic carbocycles. The standard InChI is InChI=1S/C44H29Cl2N3O5S/c45-29-22-21-28(35(46)24-29)23-37(49-42(52)27-13-5-2-6-14-27)43(53)47-30-15-9-16-31(25-30)55-41(26-11-3-1-4-12-26)44(54)48-36-20-10-19-34-38(36)40(51)33-18-8-7-17-32(33)39(34)50/h1-25,41H,(H,47,53)(H,48,54)(H,49,52)/b37-23+. The molecule has 0 radical (unpaired) electrons. The van der Waals surface area contributed by atoms with Gasteiger partial charge in [0, 0.05) is 42.9 Å². The van der Waals surface area contributed by atoms with Gasteiger partial charge in [-0.05, 0) is 65.7 Å². The van der Waals surface area contributed by atoms with Crippen molar-refractivity contribution in [1.82, 2.24) is 5.32 Å². The van der Waals surface area contributed by atoms with Crippen LogP contribution in [0.25, 0.3) is 6.08 Å². The van der Waals surface area contributed by atoms with E-state index in [2.05, 4.69) is 16.0 Å². The van der Waals surface area contributed by atoms with Gasteiger partial charge in [-0.2, -0.15) is 0 Å². The van der Waals surface area contributed by atoms with Crippen molar-refractivity contribution >= 4 is 81.7 Å². The maximum absolute atomic E-state index is 14.2. The number of rotatable bonds is 10. The molecule has 3 amide bonds. The Hall–Kier alpha value is -6.26. The monoisotopic (exact) mass is 781 g/mol. The van der Waals surface area contributed by atoms with Gasteiger partial charge < -0.3 is 16.0 Å². The molecule has 0 heterocycles. The Kier molecular flexibility index (Phi) is 11.1. The van der Waals surface area contributed by atoms with Crippen LogP contribution in [0.1, 0.15) is 58.6 Å². The fraction of sp³-hybridized carbons (Fsp3) is 0.0227. The number of hydrogen-bond donors (Lipinski definition) is 3. The maximum Gasteiger partial charge on any atom is 0.272 e. The summed E-state index contributed by atoms with van der Waals surface area (Å²) in [7, 11) is 0.